The fourth-order valence-electron chi connectivity index (χ4n) is 1.65. The van der Waals surface area contributed by atoms with Crippen molar-refractivity contribution in [1.29, 1.82) is 0 Å². The summed E-state index contributed by atoms with van der Waals surface area (Å²) in [6.45, 7) is 7.75. The third-order valence-corrected chi connectivity index (χ3v) is 2.92. The predicted molar refractivity (Wildman–Crippen MR) is 72.6 cm³/mol. The minimum atomic E-state index is 0.0308. The van der Waals surface area contributed by atoms with Crippen molar-refractivity contribution in [3.8, 4) is 11.5 Å². The van der Waals surface area contributed by atoms with Gasteiger partial charge in [-0.3, -0.25) is 4.79 Å². The van der Waals surface area contributed by atoms with Gasteiger partial charge < -0.3 is 9.84 Å². The molecule has 3 heteroatoms. The first kappa shape index (κ1) is 14.0. The Bertz CT molecular complexity index is 487. The summed E-state index contributed by atoms with van der Waals surface area (Å²) in [7, 11) is 1.51. The SMILES string of the molecule is C=C(C)C(C)c1cc(C=C[C]=O)c(OC)cc1O. The van der Waals surface area contributed by atoms with Crippen molar-refractivity contribution in [2.45, 2.75) is 19.8 Å². The van der Waals surface area contributed by atoms with Crippen LogP contribution in [0, 0.1) is 0 Å². The van der Waals surface area contributed by atoms with Gasteiger partial charge in [0.2, 0.25) is 6.29 Å². The molecule has 18 heavy (non-hydrogen) atoms. The Labute approximate surface area is 107 Å². The summed E-state index contributed by atoms with van der Waals surface area (Å²) < 4.78 is 5.15. The summed E-state index contributed by atoms with van der Waals surface area (Å²) in [6.07, 6.45) is 4.55. The lowest BCUT2D eigenvalue weighted by molar-refractivity contribution is 0.405. The number of hydrogen-bond acceptors (Lipinski definition) is 3. The van der Waals surface area contributed by atoms with Gasteiger partial charge >= 0.3 is 0 Å². The van der Waals surface area contributed by atoms with Gasteiger partial charge in [0.15, 0.2) is 0 Å². The minimum absolute atomic E-state index is 0.0308. The molecule has 95 valence electrons. The van der Waals surface area contributed by atoms with Crippen LogP contribution in [0.3, 0.4) is 0 Å². The third-order valence-electron chi connectivity index (χ3n) is 2.92. The first-order chi connectivity index (χ1) is 8.51. The minimum Gasteiger partial charge on any atom is -0.508 e. The Balaban J connectivity index is 3.33. The van der Waals surface area contributed by atoms with E-state index in [0.717, 1.165) is 16.7 Å². The Morgan fingerprint density at radius 2 is 2.22 bits per heavy atom. The number of carbonyl (C=O) groups excluding carboxylic acids is 1. The highest BCUT2D eigenvalue weighted by Gasteiger charge is 2.14. The molecular weight excluding hydrogens is 228 g/mol. The van der Waals surface area contributed by atoms with Gasteiger partial charge in [-0.15, -0.1) is 0 Å². The zero-order valence-corrected chi connectivity index (χ0v) is 10.9. The molecule has 1 atom stereocenters. The van der Waals surface area contributed by atoms with Crippen LogP contribution in [0.4, 0.5) is 0 Å². The summed E-state index contributed by atoms with van der Waals surface area (Å²) in [5.41, 5.74) is 2.43. The molecule has 0 bridgehead atoms. The molecule has 1 radical (unpaired) electrons. The number of aromatic hydroxyl groups is 1. The maximum absolute atomic E-state index is 10.3. The van der Waals surface area contributed by atoms with E-state index < -0.39 is 0 Å². The van der Waals surface area contributed by atoms with Crippen molar-refractivity contribution < 1.29 is 14.6 Å². The van der Waals surface area contributed by atoms with Gasteiger partial charge in [-0.2, -0.15) is 0 Å². The largest absolute Gasteiger partial charge is 0.508 e. The zero-order valence-electron chi connectivity index (χ0n) is 10.9. The number of hydrogen-bond donors (Lipinski definition) is 1. The van der Waals surface area contributed by atoms with E-state index in [1.54, 1.807) is 24.5 Å². The average Bonchev–Trinajstić information content (AvgIpc) is 2.35. The molecular formula is C15H17O3. The van der Waals surface area contributed by atoms with E-state index in [0.29, 0.717) is 5.75 Å². The lowest BCUT2D eigenvalue weighted by Crippen LogP contribution is -1.97. The van der Waals surface area contributed by atoms with Crippen LogP contribution in [0.15, 0.2) is 30.4 Å². The molecule has 1 N–H and O–H groups in total. The van der Waals surface area contributed by atoms with E-state index in [1.165, 1.54) is 13.2 Å². The zero-order chi connectivity index (χ0) is 13.7. The lowest BCUT2D eigenvalue weighted by Gasteiger charge is -2.16. The quantitative estimate of drug-likeness (QED) is 0.640. The monoisotopic (exact) mass is 245 g/mol. The van der Waals surface area contributed by atoms with Gasteiger partial charge in [0.25, 0.3) is 0 Å². The normalized spacial score (nSPS) is 12.4. The Morgan fingerprint density at radius 3 is 2.72 bits per heavy atom. The Hall–Kier alpha value is -2.03. The lowest BCUT2D eigenvalue weighted by atomic mass is 9.92. The molecule has 0 aliphatic heterocycles. The molecule has 0 aromatic heterocycles. The topological polar surface area (TPSA) is 46.5 Å². The summed E-state index contributed by atoms with van der Waals surface area (Å²) in [5, 5.41) is 9.97. The van der Waals surface area contributed by atoms with E-state index in [-0.39, 0.29) is 11.7 Å². The van der Waals surface area contributed by atoms with Crippen molar-refractivity contribution in [2.24, 2.45) is 0 Å². The van der Waals surface area contributed by atoms with E-state index in [4.69, 9.17) is 4.74 Å². The van der Waals surface area contributed by atoms with Crippen molar-refractivity contribution in [2.75, 3.05) is 7.11 Å². The maximum Gasteiger partial charge on any atom is 0.225 e. The second kappa shape index (κ2) is 6.05. The van der Waals surface area contributed by atoms with Gasteiger partial charge in [0.05, 0.1) is 7.11 Å². The van der Waals surface area contributed by atoms with Crippen molar-refractivity contribution in [3.05, 3.63) is 41.5 Å². The van der Waals surface area contributed by atoms with E-state index in [9.17, 15) is 9.90 Å². The van der Waals surface area contributed by atoms with Crippen LogP contribution < -0.4 is 4.74 Å². The molecule has 0 fully saturated rings. The molecule has 0 saturated heterocycles. The summed E-state index contributed by atoms with van der Waals surface area (Å²) in [5.74, 6) is 0.703. The van der Waals surface area contributed by atoms with Crippen LogP contribution in [0.25, 0.3) is 6.08 Å². The molecule has 1 rings (SSSR count). The predicted octanol–water partition coefficient (Wildman–Crippen LogP) is 3.20. The van der Waals surface area contributed by atoms with Gasteiger partial charge in [0, 0.05) is 23.1 Å². The van der Waals surface area contributed by atoms with Crippen molar-refractivity contribution >= 4 is 12.4 Å². The highest BCUT2D eigenvalue weighted by atomic mass is 16.5. The first-order valence-corrected chi connectivity index (χ1v) is 5.61. The molecule has 0 spiro atoms. The van der Waals surface area contributed by atoms with Crippen LogP contribution in [0.5, 0.6) is 11.5 Å². The van der Waals surface area contributed by atoms with Gasteiger partial charge in [0.1, 0.15) is 11.5 Å². The number of phenols is 1. The number of methoxy groups -OCH3 is 1. The van der Waals surface area contributed by atoms with Crippen LogP contribution in [-0.4, -0.2) is 18.5 Å². The molecule has 0 amide bonds. The van der Waals surface area contributed by atoms with Gasteiger partial charge in [-0.1, -0.05) is 19.1 Å². The summed E-state index contributed by atoms with van der Waals surface area (Å²) in [4.78, 5) is 10.3. The number of phenolic OH excluding ortho intramolecular Hbond substituents is 1. The van der Waals surface area contributed by atoms with Gasteiger partial charge in [-0.05, 0) is 25.1 Å². The number of benzene rings is 1. The Kier molecular flexibility index (Phi) is 4.72. The van der Waals surface area contributed by atoms with Crippen LogP contribution in [-0.2, 0) is 4.79 Å². The second-order valence-corrected chi connectivity index (χ2v) is 4.17. The van der Waals surface area contributed by atoms with E-state index in [1.807, 2.05) is 13.8 Å². The average molecular weight is 245 g/mol. The molecule has 1 aromatic rings. The molecule has 3 nitrogen and oxygen atoms in total. The van der Waals surface area contributed by atoms with Crippen LogP contribution >= 0.6 is 0 Å². The molecule has 0 saturated carbocycles. The second-order valence-electron chi connectivity index (χ2n) is 4.17. The molecule has 0 aliphatic rings. The highest BCUT2D eigenvalue weighted by Crippen LogP contribution is 2.35. The first-order valence-electron chi connectivity index (χ1n) is 5.61. The van der Waals surface area contributed by atoms with Crippen molar-refractivity contribution in [1.82, 2.24) is 0 Å². The van der Waals surface area contributed by atoms with E-state index >= 15 is 0 Å². The maximum atomic E-state index is 10.3. The smallest absolute Gasteiger partial charge is 0.225 e. The van der Waals surface area contributed by atoms with Gasteiger partial charge in [-0.25, -0.2) is 0 Å². The highest BCUT2D eigenvalue weighted by molar-refractivity contribution is 5.76. The summed E-state index contributed by atoms with van der Waals surface area (Å²) in [6, 6.07) is 3.33. The van der Waals surface area contributed by atoms with E-state index in [2.05, 4.69) is 6.58 Å². The molecule has 1 aromatic carbocycles. The number of ether oxygens (including phenoxy) is 1. The third kappa shape index (κ3) is 3.00. The Morgan fingerprint density at radius 1 is 1.56 bits per heavy atom. The molecule has 1 unspecified atom stereocenters. The van der Waals surface area contributed by atoms with Crippen LogP contribution in [0.1, 0.15) is 30.9 Å². The number of allylic oxidation sites excluding steroid dienone is 2. The van der Waals surface area contributed by atoms with Crippen molar-refractivity contribution in [3.63, 3.8) is 0 Å². The number of rotatable bonds is 5. The molecule has 0 heterocycles. The fraction of sp³-hybridized carbons (Fsp3) is 0.267. The standard InChI is InChI=1S/C15H17O3/c1-10(2)11(3)13-8-12(6-5-7-16)15(18-4)9-14(13)17/h5-6,8-9,11,17H,1H2,2-4H3. The molecule has 0 aliphatic carbocycles. The fourth-order valence-corrected chi connectivity index (χ4v) is 1.65. The van der Waals surface area contributed by atoms with Crippen LogP contribution in [0.2, 0.25) is 0 Å². The summed E-state index contributed by atoms with van der Waals surface area (Å²) >= 11 is 0.